The van der Waals surface area contributed by atoms with Crippen molar-refractivity contribution in [3.05, 3.63) is 24.3 Å². The van der Waals surface area contributed by atoms with Gasteiger partial charge in [0.25, 0.3) is 0 Å². The lowest BCUT2D eigenvalue weighted by atomic mass is 10.3. The van der Waals surface area contributed by atoms with Crippen LogP contribution in [0.15, 0.2) is 29.2 Å². The zero-order valence-corrected chi connectivity index (χ0v) is 8.58. The summed E-state index contributed by atoms with van der Waals surface area (Å²) in [6.07, 6.45) is 0.610. The monoisotopic (exact) mass is 215 g/mol. The quantitative estimate of drug-likeness (QED) is 0.721. The van der Waals surface area contributed by atoms with Gasteiger partial charge in [-0.15, -0.1) is 24.2 Å². The molecule has 0 atom stereocenters. The summed E-state index contributed by atoms with van der Waals surface area (Å²) in [4.78, 5) is 12.3. The Morgan fingerprint density at radius 1 is 1.31 bits per heavy atom. The molecule has 0 saturated carbocycles. The Hall–Kier alpha value is -0.670. The van der Waals surface area contributed by atoms with E-state index in [0.717, 1.165) is 11.4 Å². The third-order valence-corrected chi connectivity index (χ3v) is 2.82. The number of thioether (sulfide) groups is 1. The molecule has 2 nitrogen and oxygen atoms in total. The number of hydrogen-bond donors (Lipinski definition) is 1. The number of para-hydroxylation sites is 1. The second-order valence-electron chi connectivity index (χ2n) is 2.64. The molecule has 0 radical (unpaired) electrons. The van der Waals surface area contributed by atoms with Crippen LogP contribution >= 0.6 is 24.2 Å². The van der Waals surface area contributed by atoms with Crippen molar-refractivity contribution in [1.29, 1.82) is 0 Å². The van der Waals surface area contributed by atoms with Gasteiger partial charge in [-0.25, -0.2) is 0 Å². The summed E-state index contributed by atoms with van der Waals surface area (Å²) in [7, 11) is 0. The first-order chi connectivity index (χ1) is 5.86. The molecule has 0 saturated heterocycles. The van der Waals surface area contributed by atoms with E-state index in [1.165, 1.54) is 4.90 Å². The molecule has 0 bridgehead atoms. The number of rotatable bonds is 0. The molecule has 0 spiro atoms. The lowest BCUT2D eigenvalue weighted by Crippen LogP contribution is -2.09. The molecule has 0 aliphatic carbocycles. The highest BCUT2D eigenvalue weighted by atomic mass is 35.5. The topological polar surface area (TPSA) is 29.1 Å². The summed E-state index contributed by atoms with van der Waals surface area (Å²) in [6.45, 7) is 0. The predicted molar refractivity (Wildman–Crippen MR) is 57.7 cm³/mol. The predicted octanol–water partition coefficient (Wildman–Crippen LogP) is 2.54. The van der Waals surface area contributed by atoms with Gasteiger partial charge < -0.3 is 5.32 Å². The minimum absolute atomic E-state index is 0. The van der Waals surface area contributed by atoms with Gasteiger partial charge in [0.05, 0.1) is 5.69 Å². The fourth-order valence-electron chi connectivity index (χ4n) is 1.16. The molecular formula is C9H10ClNOS. The smallest absolute Gasteiger partial charge is 0.225 e. The van der Waals surface area contributed by atoms with Crippen molar-refractivity contribution in [2.24, 2.45) is 0 Å². The second kappa shape index (κ2) is 4.53. The summed E-state index contributed by atoms with van der Waals surface area (Å²) in [5.74, 6) is 0.996. The highest BCUT2D eigenvalue weighted by molar-refractivity contribution is 7.99. The number of carbonyl (C=O) groups excluding carboxylic acids is 1. The molecule has 1 heterocycles. The molecular weight excluding hydrogens is 206 g/mol. The van der Waals surface area contributed by atoms with E-state index in [2.05, 4.69) is 5.32 Å². The van der Waals surface area contributed by atoms with Gasteiger partial charge in [-0.05, 0) is 12.1 Å². The van der Waals surface area contributed by atoms with Crippen molar-refractivity contribution in [2.45, 2.75) is 11.3 Å². The fraction of sp³-hybridized carbons (Fsp3) is 0.222. The van der Waals surface area contributed by atoms with Crippen LogP contribution in [0.25, 0.3) is 0 Å². The van der Waals surface area contributed by atoms with E-state index in [1.807, 2.05) is 24.3 Å². The van der Waals surface area contributed by atoms with Crippen LogP contribution in [0.4, 0.5) is 5.69 Å². The second-order valence-corrected chi connectivity index (χ2v) is 3.78. The van der Waals surface area contributed by atoms with Crippen LogP contribution < -0.4 is 5.32 Å². The number of halogens is 1. The highest BCUT2D eigenvalue weighted by Gasteiger charge is 2.11. The average Bonchev–Trinajstić information content (AvgIpc) is 2.25. The van der Waals surface area contributed by atoms with Crippen molar-refractivity contribution in [2.75, 3.05) is 11.1 Å². The maximum atomic E-state index is 11.1. The lowest BCUT2D eigenvalue weighted by molar-refractivity contribution is -0.115. The summed E-state index contributed by atoms with van der Waals surface area (Å²) in [5, 5.41) is 2.86. The number of fused-ring (bicyclic) bond motifs is 1. The fourth-order valence-corrected chi connectivity index (χ4v) is 2.12. The van der Waals surface area contributed by atoms with E-state index in [4.69, 9.17) is 0 Å². The first-order valence-electron chi connectivity index (χ1n) is 3.88. The van der Waals surface area contributed by atoms with E-state index in [-0.39, 0.29) is 18.3 Å². The minimum Gasteiger partial charge on any atom is -0.325 e. The molecule has 1 N–H and O–H groups in total. The molecule has 70 valence electrons. The van der Waals surface area contributed by atoms with Crippen LogP contribution in [0.3, 0.4) is 0 Å². The first-order valence-corrected chi connectivity index (χ1v) is 4.86. The molecule has 1 aliphatic rings. The maximum Gasteiger partial charge on any atom is 0.225 e. The third kappa shape index (κ3) is 2.39. The van der Waals surface area contributed by atoms with Gasteiger partial charge in [-0.1, -0.05) is 12.1 Å². The van der Waals surface area contributed by atoms with Crippen LogP contribution in [-0.4, -0.2) is 11.7 Å². The molecule has 1 amide bonds. The zero-order chi connectivity index (χ0) is 8.39. The molecule has 0 unspecified atom stereocenters. The molecule has 13 heavy (non-hydrogen) atoms. The normalized spacial score (nSPS) is 14.9. The van der Waals surface area contributed by atoms with Gasteiger partial charge in [0.1, 0.15) is 0 Å². The van der Waals surface area contributed by atoms with E-state index in [9.17, 15) is 4.79 Å². The standard InChI is InChI=1S/C9H9NOS.ClH/c11-9-5-6-12-8-4-2-1-3-7(8)10-9;/h1-4H,5-6H2,(H,10,11);1H. The number of carbonyl (C=O) groups is 1. The molecule has 0 fully saturated rings. The SMILES string of the molecule is Cl.O=C1CCSc2ccccc2N1. The molecule has 0 aromatic heterocycles. The van der Waals surface area contributed by atoms with Crippen LogP contribution in [0, 0.1) is 0 Å². The highest BCUT2D eigenvalue weighted by Crippen LogP contribution is 2.29. The molecule has 2 rings (SSSR count). The van der Waals surface area contributed by atoms with E-state index in [0.29, 0.717) is 6.42 Å². The van der Waals surface area contributed by atoms with Crippen molar-refractivity contribution < 1.29 is 4.79 Å². The van der Waals surface area contributed by atoms with Gasteiger partial charge in [-0.2, -0.15) is 0 Å². The molecule has 4 heteroatoms. The van der Waals surface area contributed by atoms with Crippen molar-refractivity contribution in [3.63, 3.8) is 0 Å². The van der Waals surface area contributed by atoms with E-state index >= 15 is 0 Å². The Morgan fingerprint density at radius 3 is 2.92 bits per heavy atom. The summed E-state index contributed by atoms with van der Waals surface area (Å²) >= 11 is 1.73. The van der Waals surface area contributed by atoms with Crippen LogP contribution in [0.1, 0.15) is 6.42 Å². The summed E-state index contributed by atoms with van der Waals surface area (Å²) in [5.41, 5.74) is 0.949. The Kier molecular flexibility index (Phi) is 3.63. The van der Waals surface area contributed by atoms with Crippen molar-refractivity contribution in [3.8, 4) is 0 Å². The van der Waals surface area contributed by atoms with Gasteiger partial charge in [0.15, 0.2) is 0 Å². The van der Waals surface area contributed by atoms with Crippen LogP contribution in [0.5, 0.6) is 0 Å². The van der Waals surface area contributed by atoms with Gasteiger partial charge >= 0.3 is 0 Å². The summed E-state index contributed by atoms with van der Waals surface area (Å²) in [6, 6.07) is 7.89. The molecule has 1 aliphatic heterocycles. The number of amides is 1. The van der Waals surface area contributed by atoms with E-state index < -0.39 is 0 Å². The maximum absolute atomic E-state index is 11.1. The Labute approximate surface area is 87.5 Å². The number of hydrogen-bond acceptors (Lipinski definition) is 2. The third-order valence-electron chi connectivity index (χ3n) is 1.75. The number of anilines is 1. The van der Waals surface area contributed by atoms with E-state index in [1.54, 1.807) is 11.8 Å². The van der Waals surface area contributed by atoms with Crippen LogP contribution in [0.2, 0.25) is 0 Å². The summed E-state index contributed by atoms with van der Waals surface area (Å²) < 4.78 is 0. The minimum atomic E-state index is 0. The molecule has 1 aromatic carbocycles. The number of nitrogens with one attached hydrogen (secondary N) is 1. The van der Waals surface area contributed by atoms with Crippen molar-refractivity contribution >= 4 is 35.8 Å². The zero-order valence-electron chi connectivity index (χ0n) is 6.95. The lowest BCUT2D eigenvalue weighted by Gasteiger charge is -2.03. The van der Waals surface area contributed by atoms with Gasteiger partial charge in [0.2, 0.25) is 5.91 Å². The Bertz CT molecular complexity index is 316. The Balaban J connectivity index is 0.000000845. The average molecular weight is 216 g/mol. The van der Waals surface area contributed by atoms with Crippen LogP contribution in [-0.2, 0) is 4.79 Å². The molecule has 1 aromatic rings. The van der Waals surface area contributed by atoms with Gasteiger partial charge in [0, 0.05) is 17.1 Å². The number of benzene rings is 1. The van der Waals surface area contributed by atoms with Gasteiger partial charge in [-0.3, -0.25) is 4.79 Å². The Morgan fingerprint density at radius 2 is 2.08 bits per heavy atom. The van der Waals surface area contributed by atoms with Crippen molar-refractivity contribution in [1.82, 2.24) is 0 Å². The first kappa shape index (κ1) is 10.4. The largest absolute Gasteiger partial charge is 0.325 e.